The number of allylic oxidation sites excluding steroid dienone is 2. The van der Waals surface area contributed by atoms with Gasteiger partial charge in [-0.1, -0.05) is 90.5 Å². The first kappa shape index (κ1) is 16.4. The van der Waals surface area contributed by atoms with Gasteiger partial charge in [-0.05, 0) is 18.9 Å². The minimum Gasteiger partial charge on any atom is -0.0652 e. The Morgan fingerprint density at radius 2 is 1.27 bits per heavy atom. The summed E-state index contributed by atoms with van der Waals surface area (Å²) in [7, 11) is -2.22. The number of hydrogen-bond donors (Lipinski definition) is 0. The molecule has 0 aliphatic rings. The van der Waals surface area contributed by atoms with Crippen LogP contribution in [0.4, 0.5) is 0 Å². The van der Waals surface area contributed by atoms with Crippen molar-refractivity contribution in [1.29, 1.82) is 0 Å². The molecule has 0 saturated carbocycles. The molecular formula is C11H22I2Si2. The molecule has 0 aromatic carbocycles. The first-order valence-corrected chi connectivity index (χ1v) is 14.4. The SMILES string of the molecule is CC(C=C(I)[Si](C)(C)C)=C(I)[Si](C)(C)C. The van der Waals surface area contributed by atoms with Crippen molar-refractivity contribution in [3.63, 3.8) is 0 Å². The van der Waals surface area contributed by atoms with Crippen LogP contribution in [0.5, 0.6) is 0 Å². The Morgan fingerprint density at radius 3 is 1.53 bits per heavy atom. The maximum atomic E-state index is 2.54. The van der Waals surface area contributed by atoms with E-state index in [2.05, 4.69) is 97.5 Å². The van der Waals surface area contributed by atoms with Crippen molar-refractivity contribution < 1.29 is 0 Å². The van der Waals surface area contributed by atoms with E-state index in [1.165, 1.54) is 5.57 Å². The van der Waals surface area contributed by atoms with Gasteiger partial charge in [0.15, 0.2) is 0 Å². The summed E-state index contributed by atoms with van der Waals surface area (Å²) in [5, 5.41) is 0. The fourth-order valence-electron chi connectivity index (χ4n) is 1.06. The molecule has 0 nitrogen and oxygen atoms in total. The quantitative estimate of drug-likeness (QED) is 0.283. The van der Waals surface area contributed by atoms with Gasteiger partial charge in [0.25, 0.3) is 0 Å². The highest BCUT2D eigenvalue weighted by molar-refractivity contribution is 14.1. The molecule has 0 atom stereocenters. The number of rotatable bonds is 3. The van der Waals surface area contributed by atoms with Gasteiger partial charge in [0.1, 0.15) is 0 Å². The van der Waals surface area contributed by atoms with Gasteiger partial charge in [0, 0.05) is 0 Å². The monoisotopic (exact) mass is 464 g/mol. The average Bonchev–Trinajstić information content (AvgIpc) is 1.99. The lowest BCUT2D eigenvalue weighted by molar-refractivity contribution is 1.51. The zero-order valence-electron chi connectivity index (χ0n) is 10.8. The molecule has 0 bridgehead atoms. The van der Waals surface area contributed by atoms with Crippen molar-refractivity contribution in [2.75, 3.05) is 0 Å². The Hall–Kier alpha value is 1.37. The summed E-state index contributed by atoms with van der Waals surface area (Å²) in [6.07, 6.45) is 2.41. The van der Waals surface area contributed by atoms with Crippen molar-refractivity contribution in [2.24, 2.45) is 0 Å². The minimum atomic E-state index is -1.12. The predicted octanol–water partition coefficient (Wildman–Crippen LogP) is 5.77. The van der Waals surface area contributed by atoms with E-state index in [0.29, 0.717) is 0 Å². The van der Waals surface area contributed by atoms with Gasteiger partial charge in [0.05, 0.1) is 16.1 Å². The van der Waals surface area contributed by atoms with Crippen molar-refractivity contribution in [3.8, 4) is 0 Å². The first-order valence-electron chi connectivity index (χ1n) is 5.21. The molecule has 0 fully saturated rings. The molecule has 0 amide bonds. The van der Waals surface area contributed by atoms with E-state index >= 15 is 0 Å². The Kier molecular flexibility index (Phi) is 6.35. The minimum absolute atomic E-state index is 1.10. The summed E-state index contributed by atoms with van der Waals surface area (Å²) in [6, 6.07) is 0. The van der Waals surface area contributed by atoms with Crippen LogP contribution in [0.25, 0.3) is 0 Å². The molecule has 0 N–H and O–H groups in total. The maximum absolute atomic E-state index is 2.54. The smallest absolute Gasteiger partial charge is 0.0652 e. The van der Waals surface area contributed by atoms with Crippen LogP contribution in [0.2, 0.25) is 39.3 Å². The second-order valence-electron chi connectivity index (χ2n) is 5.99. The van der Waals surface area contributed by atoms with Crippen molar-refractivity contribution in [3.05, 3.63) is 18.1 Å². The lowest BCUT2D eigenvalue weighted by atomic mass is 10.4. The standard InChI is InChI=1S/C11H22I2Si2/c1-9(11(13)15(5,6)7)8-10(12)14(2,3)4/h8H,1-7H3. The van der Waals surface area contributed by atoms with E-state index in [1.54, 1.807) is 6.41 Å². The van der Waals surface area contributed by atoms with Crippen molar-refractivity contribution in [2.45, 2.75) is 46.2 Å². The third-order valence-corrected chi connectivity index (χ3v) is 16.2. The van der Waals surface area contributed by atoms with Gasteiger partial charge in [-0.25, -0.2) is 0 Å². The van der Waals surface area contributed by atoms with Gasteiger partial charge in [-0.2, -0.15) is 0 Å². The zero-order valence-corrected chi connectivity index (χ0v) is 17.1. The molecule has 0 aromatic rings. The molecule has 0 radical (unpaired) electrons. The highest BCUT2D eigenvalue weighted by atomic mass is 127. The molecule has 0 rings (SSSR count). The van der Waals surface area contributed by atoms with Crippen molar-refractivity contribution >= 4 is 61.3 Å². The van der Waals surface area contributed by atoms with Crippen LogP contribution in [-0.2, 0) is 0 Å². The molecular weight excluding hydrogens is 442 g/mol. The summed E-state index contributed by atoms with van der Waals surface area (Å²) in [6.45, 7) is 16.7. The van der Waals surface area contributed by atoms with E-state index in [-0.39, 0.29) is 0 Å². The second kappa shape index (κ2) is 5.81. The van der Waals surface area contributed by atoms with Gasteiger partial charge < -0.3 is 0 Å². The van der Waals surface area contributed by atoms with Crippen LogP contribution in [0.15, 0.2) is 18.1 Å². The van der Waals surface area contributed by atoms with Gasteiger partial charge >= 0.3 is 0 Å². The lowest BCUT2D eigenvalue weighted by Crippen LogP contribution is -2.22. The van der Waals surface area contributed by atoms with E-state index < -0.39 is 16.1 Å². The summed E-state index contributed by atoms with van der Waals surface area (Å²) < 4.78 is 3.18. The van der Waals surface area contributed by atoms with E-state index in [1.807, 2.05) is 0 Å². The molecule has 0 aliphatic heterocycles. The molecule has 0 heterocycles. The summed E-state index contributed by atoms with van der Waals surface area (Å²) in [4.78, 5) is 0. The third-order valence-electron chi connectivity index (χ3n) is 2.06. The average molecular weight is 464 g/mol. The Bertz CT molecular complexity index is 291. The summed E-state index contributed by atoms with van der Waals surface area (Å²) >= 11 is 5.07. The number of hydrogen-bond acceptors (Lipinski definition) is 0. The normalized spacial score (nSPS) is 16.5. The van der Waals surface area contributed by atoms with Crippen LogP contribution in [-0.4, -0.2) is 16.1 Å². The van der Waals surface area contributed by atoms with Crippen LogP contribution < -0.4 is 0 Å². The Labute approximate surface area is 124 Å². The molecule has 0 aliphatic carbocycles. The number of halogens is 2. The molecule has 0 aromatic heterocycles. The van der Waals surface area contributed by atoms with Crippen LogP contribution in [0.3, 0.4) is 0 Å². The third kappa shape index (κ3) is 6.02. The topological polar surface area (TPSA) is 0 Å². The molecule has 15 heavy (non-hydrogen) atoms. The molecule has 4 heteroatoms. The largest absolute Gasteiger partial charge is 0.0858 e. The Balaban J connectivity index is 5.14. The van der Waals surface area contributed by atoms with E-state index in [9.17, 15) is 0 Å². The summed E-state index contributed by atoms with van der Waals surface area (Å²) in [5.41, 5.74) is 1.49. The van der Waals surface area contributed by atoms with E-state index in [0.717, 1.165) is 0 Å². The molecule has 88 valence electrons. The fourth-order valence-corrected chi connectivity index (χ4v) is 3.59. The van der Waals surface area contributed by atoms with Crippen LogP contribution >= 0.6 is 45.2 Å². The molecule has 0 saturated heterocycles. The zero-order chi connectivity index (χ0) is 12.4. The van der Waals surface area contributed by atoms with E-state index in [4.69, 9.17) is 0 Å². The Morgan fingerprint density at radius 1 is 0.867 bits per heavy atom. The predicted molar refractivity (Wildman–Crippen MR) is 95.5 cm³/mol. The van der Waals surface area contributed by atoms with Crippen molar-refractivity contribution in [1.82, 2.24) is 0 Å². The fraction of sp³-hybridized carbons (Fsp3) is 0.636. The highest BCUT2D eigenvalue weighted by Gasteiger charge is 2.21. The van der Waals surface area contributed by atoms with Gasteiger partial charge in [-0.15, -0.1) is 0 Å². The second-order valence-corrected chi connectivity index (χ2v) is 20.3. The molecule has 0 unspecified atom stereocenters. The highest BCUT2D eigenvalue weighted by Crippen LogP contribution is 2.29. The lowest BCUT2D eigenvalue weighted by Gasteiger charge is -2.19. The maximum Gasteiger partial charge on any atom is 0.0858 e. The van der Waals surface area contributed by atoms with Crippen LogP contribution in [0.1, 0.15) is 6.92 Å². The van der Waals surface area contributed by atoms with Gasteiger partial charge in [0.2, 0.25) is 0 Å². The first-order chi connectivity index (χ1) is 6.46. The molecule has 0 spiro atoms. The van der Waals surface area contributed by atoms with Gasteiger partial charge in [-0.3, -0.25) is 0 Å². The summed E-state index contributed by atoms with van der Waals surface area (Å²) in [5.74, 6) is 0. The van der Waals surface area contributed by atoms with Crippen LogP contribution in [0, 0.1) is 0 Å².